The van der Waals surface area contributed by atoms with Gasteiger partial charge in [0, 0.05) is 0 Å². The number of rotatable bonds is 8. The molecule has 1 unspecified atom stereocenters. The highest BCUT2D eigenvalue weighted by Crippen LogP contribution is 2.46. The van der Waals surface area contributed by atoms with Gasteiger partial charge in [-0.3, -0.25) is 14.5 Å². The van der Waals surface area contributed by atoms with Gasteiger partial charge in [0.1, 0.15) is 22.8 Å². The Morgan fingerprint density at radius 3 is 2.55 bits per heavy atom. The van der Waals surface area contributed by atoms with Crippen LogP contribution in [0.2, 0.25) is 0 Å². The quantitative estimate of drug-likeness (QED) is 0.451. The second-order valence-electron chi connectivity index (χ2n) is 8.11. The molecule has 1 aromatic carbocycles. The van der Waals surface area contributed by atoms with Crippen LogP contribution >= 0.6 is 11.3 Å². The van der Waals surface area contributed by atoms with Crippen LogP contribution in [0.1, 0.15) is 54.1 Å². The van der Waals surface area contributed by atoms with E-state index in [1.807, 2.05) is 5.38 Å². The van der Waals surface area contributed by atoms with Crippen LogP contribution in [0.4, 0.5) is 9.80 Å². The Kier molecular flexibility index (Phi) is 6.11. The third-order valence-corrected chi connectivity index (χ3v) is 6.73. The molecule has 2 aliphatic rings. The van der Waals surface area contributed by atoms with Crippen LogP contribution in [0, 0.1) is 0 Å². The lowest BCUT2D eigenvalue weighted by molar-refractivity contribution is -0.133. The van der Waals surface area contributed by atoms with Crippen LogP contribution in [-0.2, 0) is 19.9 Å². The van der Waals surface area contributed by atoms with Gasteiger partial charge in [-0.05, 0) is 61.2 Å². The fraction of sp³-hybridized carbons (Fsp3) is 0.391. The largest absolute Gasteiger partial charge is 0.497 e. The number of ether oxygens (including phenoxy) is 2. The van der Waals surface area contributed by atoms with Gasteiger partial charge in [-0.15, -0.1) is 11.3 Å². The summed E-state index contributed by atoms with van der Waals surface area (Å²) in [5.74, 6) is -0.690. The number of thiophene rings is 1. The summed E-state index contributed by atoms with van der Waals surface area (Å²) in [7, 11) is 1.54. The van der Waals surface area contributed by atoms with E-state index in [9.17, 15) is 19.2 Å². The van der Waals surface area contributed by atoms with E-state index in [1.54, 1.807) is 38.1 Å². The van der Waals surface area contributed by atoms with Crippen molar-refractivity contribution in [3.8, 4) is 5.75 Å². The molecule has 10 heteroatoms. The number of anilines is 1. The summed E-state index contributed by atoms with van der Waals surface area (Å²) in [5, 5.41) is 7.58. The van der Waals surface area contributed by atoms with Gasteiger partial charge in [-0.2, -0.15) is 0 Å². The molecular weight excluding hydrogens is 446 g/mol. The van der Waals surface area contributed by atoms with Gasteiger partial charge in [0.15, 0.2) is 0 Å². The Bertz CT molecular complexity index is 1110. The molecule has 1 saturated heterocycles. The van der Waals surface area contributed by atoms with Crippen molar-refractivity contribution in [2.75, 3.05) is 25.6 Å². The van der Waals surface area contributed by atoms with E-state index in [-0.39, 0.29) is 6.61 Å². The number of urea groups is 1. The Hall–Kier alpha value is -3.40. The van der Waals surface area contributed by atoms with E-state index in [1.165, 1.54) is 18.4 Å². The smallest absolute Gasteiger partial charge is 0.341 e. The fourth-order valence-electron chi connectivity index (χ4n) is 3.84. The van der Waals surface area contributed by atoms with Crippen molar-refractivity contribution in [1.82, 2.24) is 10.2 Å². The first-order valence-corrected chi connectivity index (χ1v) is 11.5. The lowest BCUT2D eigenvalue weighted by atomic mass is 9.92. The zero-order valence-corrected chi connectivity index (χ0v) is 19.4. The molecule has 0 radical (unpaired) electrons. The summed E-state index contributed by atoms with van der Waals surface area (Å²) in [6, 6.07) is 6.11. The van der Waals surface area contributed by atoms with Crippen molar-refractivity contribution in [1.29, 1.82) is 0 Å². The minimum absolute atomic E-state index is 0.221. The SMILES string of the molecule is CCOC(=O)c1c(C2CC2)csc1NC(=O)CN1C(=O)NC(C)(c2ccc(OC)cc2)C1=O. The number of methoxy groups -OCH3 is 1. The third-order valence-electron chi connectivity index (χ3n) is 5.81. The van der Waals surface area contributed by atoms with Gasteiger partial charge >= 0.3 is 12.0 Å². The van der Waals surface area contributed by atoms with Crippen molar-refractivity contribution >= 4 is 40.2 Å². The summed E-state index contributed by atoms with van der Waals surface area (Å²) >= 11 is 1.24. The molecule has 0 spiro atoms. The van der Waals surface area contributed by atoms with Crippen molar-refractivity contribution in [3.63, 3.8) is 0 Å². The van der Waals surface area contributed by atoms with Crippen molar-refractivity contribution in [2.45, 2.75) is 38.1 Å². The summed E-state index contributed by atoms with van der Waals surface area (Å²) < 4.78 is 10.3. The van der Waals surface area contributed by atoms with Crippen LogP contribution in [0.15, 0.2) is 29.6 Å². The number of hydrogen-bond donors (Lipinski definition) is 2. The first-order chi connectivity index (χ1) is 15.8. The van der Waals surface area contributed by atoms with E-state index >= 15 is 0 Å². The Morgan fingerprint density at radius 1 is 1.24 bits per heavy atom. The Morgan fingerprint density at radius 2 is 1.94 bits per heavy atom. The number of amides is 4. The summed E-state index contributed by atoms with van der Waals surface area (Å²) in [6.07, 6.45) is 1.98. The average molecular weight is 472 g/mol. The van der Waals surface area contributed by atoms with Gasteiger partial charge in [0.25, 0.3) is 5.91 Å². The normalized spacial score (nSPS) is 19.9. The fourth-order valence-corrected chi connectivity index (χ4v) is 4.89. The van der Waals surface area contributed by atoms with E-state index in [0.29, 0.717) is 27.8 Å². The molecule has 1 atom stereocenters. The molecule has 2 heterocycles. The van der Waals surface area contributed by atoms with Crippen molar-refractivity contribution < 1.29 is 28.7 Å². The molecule has 33 heavy (non-hydrogen) atoms. The van der Waals surface area contributed by atoms with Gasteiger partial charge in [0.05, 0.1) is 19.3 Å². The second-order valence-corrected chi connectivity index (χ2v) is 8.99. The number of esters is 1. The predicted octanol–water partition coefficient (Wildman–Crippen LogP) is 3.22. The highest BCUT2D eigenvalue weighted by molar-refractivity contribution is 7.15. The van der Waals surface area contributed by atoms with Crippen molar-refractivity contribution in [2.24, 2.45) is 0 Å². The molecule has 1 saturated carbocycles. The lowest BCUT2D eigenvalue weighted by Crippen LogP contribution is -2.42. The van der Waals surface area contributed by atoms with Gasteiger partial charge in [0.2, 0.25) is 5.91 Å². The molecule has 1 aromatic heterocycles. The first-order valence-electron chi connectivity index (χ1n) is 10.7. The molecule has 4 rings (SSSR count). The molecule has 2 aromatic rings. The van der Waals surface area contributed by atoms with Crippen LogP contribution in [0.3, 0.4) is 0 Å². The molecule has 2 N–H and O–H groups in total. The summed E-state index contributed by atoms with van der Waals surface area (Å²) in [6.45, 7) is 3.05. The third kappa shape index (κ3) is 4.30. The highest BCUT2D eigenvalue weighted by Gasteiger charge is 2.49. The maximum atomic E-state index is 13.1. The Labute approximate surface area is 195 Å². The van der Waals surface area contributed by atoms with E-state index < -0.39 is 35.9 Å². The number of nitrogens with one attached hydrogen (secondary N) is 2. The number of imide groups is 1. The zero-order chi connectivity index (χ0) is 23.8. The van der Waals surface area contributed by atoms with Gasteiger partial charge in [-0.1, -0.05) is 12.1 Å². The molecule has 0 bridgehead atoms. The molecular formula is C23H25N3O6S. The lowest BCUT2D eigenvalue weighted by Gasteiger charge is -2.22. The minimum Gasteiger partial charge on any atom is -0.497 e. The van der Waals surface area contributed by atoms with E-state index in [2.05, 4.69) is 10.6 Å². The highest BCUT2D eigenvalue weighted by atomic mass is 32.1. The maximum Gasteiger partial charge on any atom is 0.341 e. The minimum atomic E-state index is -1.30. The second kappa shape index (κ2) is 8.86. The Balaban J connectivity index is 1.49. The first kappa shape index (κ1) is 22.8. The molecule has 1 aliphatic carbocycles. The number of carbonyl (C=O) groups excluding carboxylic acids is 4. The summed E-state index contributed by atoms with van der Waals surface area (Å²) in [5.41, 5.74) is 0.497. The van der Waals surface area contributed by atoms with Crippen LogP contribution in [0.5, 0.6) is 5.75 Å². The van der Waals surface area contributed by atoms with Gasteiger partial charge < -0.3 is 20.1 Å². The van der Waals surface area contributed by atoms with E-state index in [4.69, 9.17) is 9.47 Å². The van der Waals surface area contributed by atoms with Crippen LogP contribution in [-0.4, -0.2) is 49.0 Å². The summed E-state index contributed by atoms with van der Waals surface area (Å²) in [4.78, 5) is 51.8. The van der Waals surface area contributed by atoms with Crippen LogP contribution in [0.25, 0.3) is 0 Å². The van der Waals surface area contributed by atoms with E-state index in [0.717, 1.165) is 23.3 Å². The molecule has 4 amide bonds. The number of hydrogen-bond acceptors (Lipinski definition) is 7. The predicted molar refractivity (Wildman–Crippen MR) is 121 cm³/mol. The molecule has 2 fully saturated rings. The number of carbonyl (C=O) groups is 4. The monoisotopic (exact) mass is 471 g/mol. The standard InChI is InChI=1S/C23H25N3O6S/c1-4-32-20(28)18-16(13-5-6-13)12-33-19(18)24-17(27)11-26-21(29)23(2,25-22(26)30)14-7-9-15(31-3)10-8-14/h7-10,12-13H,4-6,11H2,1-3H3,(H,24,27)(H,25,30). The zero-order valence-electron chi connectivity index (χ0n) is 18.6. The topological polar surface area (TPSA) is 114 Å². The average Bonchev–Trinajstić information content (AvgIpc) is 3.52. The molecule has 174 valence electrons. The number of benzene rings is 1. The van der Waals surface area contributed by atoms with Crippen molar-refractivity contribution in [3.05, 3.63) is 46.3 Å². The number of nitrogens with zero attached hydrogens (tertiary/aromatic N) is 1. The molecule has 1 aliphatic heterocycles. The maximum absolute atomic E-state index is 13.1. The van der Waals surface area contributed by atoms with Gasteiger partial charge in [-0.25, -0.2) is 9.59 Å². The molecule has 9 nitrogen and oxygen atoms in total. The van der Waals surface area contributed by atoms with Crippen LogP contribution < -0.4 is 15.4 Å².